The van der Waals surface area contributed by atoms with E-state index in [1.165, 1.54) is 24.3 Å². The quantitative estimate of drug-likeness (QED) is 0.610. The number of hydrogen-bond acceptors (Lipinski definition) is 5. The average molecular weight is 459 g/mol. The molecule has 4 rings (SSSR count). The highest BCUT2D eigenvalue weighted by atomic mass is 35.5. The molecule has 2 heterocycles. The number of hydrogen-bond donors (Lipinski definition) is 1. The van der Waals surface area contributed by atoms with Gasteiger partial charge in [-0.15, -0.1) is 0 Å². The van der Waals surface area contributed by atoms with Crippen LogP contribution in [0, 0.1) is 5.82 Å². The van der Waals surface area contributed by atoms with Gasteiger partial charge in [0.25, 0.3) is 11.5 Å². The van der Waals surface area contributed by atoms with Crippen LogP contribution in [0.1, 0.15) is 28.9 Å². The number of carbonyl (C=O) groups excluding carboxylic acids is 1. The second-order valence-electron chi connectivity index (χ2n) is 7.39. The van der Waals surface area contributed by atoms with Gasteiger partial charge in [-0.25, -0.2) is 9.18 Å². The lowest BCUT2D eigenvalue weighted by Crippen LogP contribution is -2.46. The van der Waals surface area contributed by atoms with E-state index in [9.17, 15) is 18.8 Å². The van der Waals surface area contributed by atoms with Gasteiger partial charge < -0.3 is 10.1 Å². The zero-order chi connectivity index (χ0) is 22.7. The minimum Gasteiger partial charge on any atom is -0.376 e. The van der Waals surface area contributed by atoms with Crippen LogP contribution < -0.4 is 16.6 Å². The number of rotatable bonds is 6. The summed E-state index contributed by atoms with van der Waals surface area (Å²) in [5.74, 6) is -1.23. The highest BCUT2D eigenvalue weighted by molar-refractivity contribution is 6.30. The fourth-order valence-electron chi connectivity index (χ4n) is 3.49. The summed E-state index contributed by atoms with van der Waals surface area (Å²) in [6.07, 6.45) is 1.57. The van der Waals surface area contributed by atoms with E-state index in [4.69, 9.17) is 16.3 Å². The second kappa shape index (κ2) is 9.46. The Bertz CT molecular complexity index is 1270. The Morgan fingerprint density at radius 2 is 2.03 bits per heavy atom. The molecule has 1 fully saturated rings. The molecule has 0 unspecified atom stereocenters. The molecule has 0 bridgehead atoms. The topological polar surface area (TPSA) is 95.2 Å². The maximum Gasteiger partial charge on any atom is 0.352 e. The summed E-state index contributed by atoms with van der Waals surface area (Å²) in [4.78, 5) is 38.9. The Morgan fingerprint density at radius 3 is 2.75 bits per heavy atom. The van der Waals surface area contributed by atoms with Crippen molar-refractivity contribution < 1.29 is 13.9 Å². The van der Waals surface area contributed by atoms with Gasteiger partial charge in [0.2, 0.25) is 5.69 Å². The first-order valence-corrected chi connectivity index (χ1v) is 10.4. The first-order chi connectivity index (χ1) is 15.4. The second-order valence-corrected chi connectivity index (χ2v) is 7.83. The van der Waals surface area contributed by atoms with Crippen molar-refractivity contribution in [1.82, 2.24) is 19.7 Å². The molecule has 1 saturated heterocycles. The van der Waals surface area contributed by atoms with Crippen molar-refractivity contribution in [3.05, 3.63) is 91.5 Å². The van der Waals surface area contributed by atoms with Crippen molar-refractivity contribution in [2.45, 2.75) is 25.5 Å². The molecule has 10 heteroatoms. The van der Waals surface area contributed by atoms with E-state index >= 15 is 0 Å². The Kier molecular flexibility index (Phi) is 6.48. The Morgan fingerprint density at radius 1 is 1.22 bits per heavy atom. The molecule has 1 amide bonds. The Hall–Kier alpha value is -3.30. The summed E-state index contributed by atoms with van der Waals surface area (Å²) < 4.78 is 20.9. The van der Waals surface area contributed by atoms with E-state index in [-0.39, 0.29) is 24.9 Å². The zero-order valence-corrected chi connectivity index (χ0v) is 17.7. The predicted octanol–water partition coefficient (Wildman–Crippen LogP) is 2.14. The SMILES string of the molecule is O=C(NC[C@@H]1CCCO1)c1nn(-c2cccc(Cl)c2)c(=O)n(Cc2cccc(F)c2)c1=O. The van der Waals surface area contributed by atoms with Gasteiger partial charge in [-0.05, 0) is 48.7 Å². The average Bonchev–Trinajstić information content (AvgIpc) is 3.29. The van der Waals surface area contributed by atoms with Crippen molar-refractivity contribution in [2.75, 3.05) is 13.2 Å². The summed E-state index contributed by atoms with van der Waals surface area (Å²) in [5.41, 5.74) is -1.44. The highest BCUT2D eigenvalue weighted by Crippen LogP contribution is 2.13. The van der Waals surface area contributed by atoms with Crippen LogP contribution in [0.5, 0.6) is 0 Å². The maximum absolute atomic E-state index is 13.6. The molecule has 1 N–H and O–H groups in total. The molecule has 1 aromatic heterocycles. The van der Waals surface area contributed by atoms with E-state index < -0.39 is 28.7 Å². The summed E-state index contributed by atoms with van der Waals surface area (Å²) >= 11 is 6.04. The molecule has 1 aliphatic heterocycles. The van der Waals surface area contributed by atoms with E-state index in [1.807, 2.05) is 0 Å². The van der Waals surface area contributed by atoms with Crippen LogP contribution in [0.4, 0.5) is 4.39 Å². The number of ether oxygens (including phenoxy) is 1. The minimum atomic E-state index is -0.873. The summed E-state index contributed by atoms with van der Waals surface area (Å²) in [5, 5.41) is 7.03. The van der Waals surface area contributed by atoms with Gasteiger partial charge in [-0.1, -0.05) is 29.8 Å². The first-order valence-electron chi connectivity index (χ1n) is 10.1. The summed E-state index contributed by atoms with van der Waals surface area (Å²) in [6, 6.07) is 11.8. The van der Waals surface area contributed by atoms with Crippen molar-refractivity contribution in [3.63, 3.8) is 0 Å². The number of carbonyl (C=O) groups is 1. The molecule has 2 aromatic carbocycles. The highest BCUT2D eigenvalue weighted by Gasteiger charge is 2.23. The number of nitrogens with one attached hydrogen (secondary N) is 1. The predicted molar refractivity (Wildman–Crippen MR) is 116 cm³/mol. The zero-order valence-electron chi connectivity index (χ0n) is 17.0. The van der Waals surface area contributed by atoms with Crippen LogP contribution in [0.3, 0.4) is 0 Å². The van der Waals surface area contributed by atoms with Gasteiger partial charge in [0.1, 0.15) is 5.82 Å². The van der Waals surface area contributed by atoms with Crippen molar-refractivity contribution in [2.24, 2.45) is 0 Å². The Balaban J connectivity index is 1.77. The molecular formula is C22H20ClFN4O4. The lowest BCUT2D eigenvalue weighted by Gasteiger charge is -2.14. The minimum absolute atomic E-state index is 0.132. The molecule has 0 aliphatic carbocycles. The molecule has 0 radical (unpaired) electrons. The number of amides is 1. The summed E-state index contributed by atoms with van der Waals surface area (Å²) in [6.45, 7) is 0.615. The van der Waals surface area contributed by atoms with Gasteiger partial charge in [-0.3, -0.25) is 14.2 Å². The van der Waals surface area contributed by atoms with Crippen LogP contribution in [-0.2, 0) is 11.3 Å². The molecule has 8 nitrogen and oxygen atoms in total. The number of nitrogens with zero attached hydrogens (tertiary/aromatic N) is 3. The van der Waals surface area contributed by atoms with Crippen LogP contribution in [0.2, 0.25) is 5.02 Å². The molecule has 0 spiro atoms. The van der Waals surface area contributed by atoms with Crippen LogP contribution in [0.15, 0.2) is 58.1 Å². The lowest BCUT2D eigenvalue weighted by molar-refractivity contribution is 0.0849. The fourth-order valence-corrected chi connectivity index (χ4v) is 3.67. The van der Waals surface area contributed by atoms with Crippen LogP contribution in [-0.4, -0.2) is 39.5 Å². The van der Waals surface area contributed by atoms with E-state index in [2.05, 4.69) is 10.4 Å². The smallest absolute Gasteiger partial charge is 0.352 e. The lowest BCUT2D eigenvalue weighted by atomic mass is 10.2. The Labute approximate surface area is 187 Å². The van der Waals surface area contributed by atoms with Crippen molar-refractivity contribution in [3.8, 4) is 5.69 Å². The number of halogens is 2. The van der Waals surface area contributed by atoms with Crippen molar-refractivity contribution in [1.29, 1.82) is 0 Å². The third-order valence-corrected chi connectivity index (χ3v) is 5.31. The fraction of sp³-hybridized carbons (Fsp3) is 0.273. The molecule has 1 aliphatic rings. The van der Waals surface area contributed by atoms with Crippen LogP contribution in [0.25, 0.3) is 5.69 Å². The molecule has 32 heavy (non-hydrogen) atoms. The van der Waals surface area contributed by atoms with Gasteiger partial charge in [-0.2, -0.15) is 9.78 Å². The molecule has 166 valence electrons. The summed E-state index contributed by atoms with van der Waals surface area (Å²) in [7, 11) is 0. The first kappa shape index (κ1) is 21.9. The van der Waals surface area contributed by atoms with Gasteiger partial charge in [0.05, 0.1) is 18.3 Å². The van der Waals surface area contributed by atoms with Gasteiger partial charge in [0, 0.05) is 18.2 Å². The standard InChI is InChI=1S/C22H20ClFN4O4/c23-15-5-2-7-17(11-15)28-22(31)27(13-14-4-1-6-16(24)10-14)21(30)19(26-28)20(29)25-12-18-8-3-9-32-18/h1-2,4-7,10-11,18H,3,8-9,12-13H2,(H,25,29)/t18-/m0/s1. The molecular weight excluding hydrogens is 439 g/mol. The monoisotopic (exact) mass is 458 g/mol. The molecule has 3 aromatic rings. The third kappa shape index (κ3) is 4.79. The maximum atomic E-state index is 13.6. The van der Waals surface area contributed by atoms with E-state index in [1.54, 1.807) is 24.3 Å². The van der Waals surface area contributed by atoms with Crippen LogP contribution >= 0.6 is 11.6 Å². The normalized spacial score (nSPS) is 15.6. The molecule has 0 saturated carbocycles. The van der Waals surface area contributed by atoms with E-state index in [0.29, 0.717) is 17.2 Å². The molecule has 1 atom stereocenters. The third-order valence-electron chi connectivity index (χ3n) is 5.07. The number of aromatic nitrogens is 3. The van der Waals surface area contributed by atoms with Gasteiger partial charge in [0.15, 0.2) is 0 Å². The van der Waals surface area contributed by atoms with E-state index in [0.717, 1.165) is 22.1 Å². The largest absolute Gasteiger partial charge is 0.376 e. The number of benzene rings is 2. The van der Waals surface area contributed by atoms with Gasteiger partial charge >= 0.3 is 5.69 Å². The van der Waals surface area contributed by atoms with Crippen molar-refractivity contribution >= 4 is 17.5 Å².